The van der Waals surface area contributed by atoms with Crippen LogP contribution in [0, 0.1) is 6.92 Å². The molecule has 2 aromatic heterocycles. The maximum absolute atomic E-state index is 12.9. The van der Waals surface area contributed by atoms with E-state index >= 15 is 0 Å². The summed E-state index contributed by atoms with van der Waals surface area (Å²) in [5.41, 5.74) is 1.47. The molecule has 0 N–H and O–H groups in total. The maximum Gasteiger partial charge on any atom is 0.417 e. The van der Waals surface area contributed by atoms with Crippen LogP contribution in [0.3, 0.4) is 0 Å². The van der Waals surface area contributed by atoms with Gasteiger partial charge in [0.15, 0.2) is 5.82 Å². The Morgan fingerprint density at radius 3 is 2.57 bits per heavy atom. The van der Waals surface area contributed by atoms with Crippen LogP contribution in [0.4, 0.5) is 13.2 Å². The zero-order valence-corrected chi connectivity index (χ0v) is 18.1. The summed E-state index contributed by atoms with van der Waals surface area (Å²) >= 11 is 9.61. The van der Waals surface area contributed by atoms with E-state index in [1.54, 1.807) is 13.3 Å². The van der Waals surface area contributed by atoms with Gasteiger partial charge >= 0.3 is 6.18 Å². The number of pyridine rings is 1. The predicted molar refractivity (Wildman–Crippen MR) is 113 cm³/mol. The number of aryl methyl sites for hydroxylation is 1. The summed E-state index contributed by atoms with van der Waals surface area (Å²) in [5.74, 6) is 0.867. The van der Waals surface area contributed by atoms with Gasteiger partial charge in [0.2, 0.25) is 0 Å². The lowest BCUT2D eigenvalue weighted by atomic mass is 10.0. The summed E-state index contributed by atoms with van der Waals surface area (Å²) in [4.78, 5) is 3.87. The van der Waals surface area contributed by atoms with E-state index in [-0.39, 0.29) is 10.8 Å². The molecule has 0 aliphatic rings. The number of hydrogen-bond donors (Lipinski definition) is 0. The highest BCUT2D eigenvalue weighted by Crippen LogP contribution is 2.36. The Balaban J connectivity index is 1.76. The molecular formula is C21H14BrClF3N3O. The molecule has 4 aromatic rings. The third-order valence-electron chi connectivity index (χ3n) is 4.68. The van der Waals surface area contributed by atoms with Crippen molar-refractivity contribution in [3.05, 3.63) is 69.4 Å². The predicted octanol–water partition coefficient (Wildman–Crippen LogP) is 6.84. The standard InChI is InChI=1S/C21H14BrClF3N3O/c1-11-10-29(20-16(23)8-14(9-27-20)21(24,25)26)28-19(11)13-3-5-15-12(7-13)4-6-17(30-2)18(15)22/h3-10H,1-2H3. The molecular weight excluding hydrogens is 483 g/mol. The molecule has 0 aliphatic heterocycles. The molecule has 0 atom stereocenters. The van der Waals surface area contributed by atoms with Crippen molar-refractivity contribution >= 4 is 38.3 Å². The average molecular weight is 497 g/mol. The van der Waals surface area contributed by atoms with Gasteiger partial charge in [0.25, 0.3) is 0 Å². The number of halogens is 5. The number of alkyl halides is 3. The topological polar surface area (TPSA) is 39.9 Å². The summed E-state index contributed by atoms with van der Waals surface area (Å²) in [7, 11) is 1.61. The van der Waals surface area contributed by atoms with Crippen molar-refractivity contribution in [1.29, 1.82) is 0 Å². The van der Waals surface area contributed by atoms with Crippen LogP contribution in [0.5, 0.6) is 5.75 Å². The molecule has 4 nitrogen and oxygen atoms in total. The summed E-state index contributed by atoms with van der Waals surface area (Å²) < 4.78 is 46.2. The third-order valence-corrected chi connectivity index (χ3v) is 5.77. The van der Waals surface area contributed by atoms with E-state index in [0.29, 0.717) is 5.69 Å². The Morgan fingerprint density at radius 2 is 1.90 bits per heavy atom. The number of aromatic nitrogens is 3. The van der Waals surface area contributed by atoms with Gasteiger partial charge in [0, 0.05) is 18.0 Å². The quantitative estimate of drug-likeness (QED) is 0.312. The van der Waals surface area contributed by atoms with Gasteiger partial charge in [-0.1, -0.05) is 29.8 Å². The molecule has 0 fully saturated rings. The van der Waals surface area contributed by atoms with E-state index in [9.17, 15) is 13.2 Å². The number of nitrogens with zero attached hydrogens (tertiary/aromatic N) is 3. The Kier molecular flexibility index (Phi) is 5.23. The van der Waals surface area contributed by atoms with Crippen molar-refractivity contribution in [2.45, 2.75) is 13.1 Å². The Hall–Kier alpha value is -2.58. The van der Waals surface area contributed by atoms with Crippen LogP contribution in [0.15, 0.2) is 53.3 Å². The van der Waals surface area contributed by atoms with Crippen molar-refractivity contribution in [1.82, 2.24) is 14.8 Å². The second kappa shape index (κ2) is 7.59. The second-order valence-electron chi connectivity index (χ2n) is 6.65. The molecule has 0 aliphatic carbocycles. The van der Waals surface area contributed by atoms with Crippen LogP contribution in [-0.4, -0.2) is 21.9 Å². The smallest absolute Gasteiger partial charge is 0.417 e. The number of rotatable bonds is 3. The summed E-state index contributed by atoms with van der Waals surface area (Å²) in [5, 5.41) is 6.36. The lowest BCUT2D eigenvalue weighted by Crippen LogP contribution is -2.08. The van der Waals surface area contributed by atoms with Crippen LogP contribution in [0.2, 0.25) is 5.02 Å². The van der Waals surface area contributed by atoms with Gasteiger partial charge in [0.05, 0.1) is 27.9 Å². The van der Waals surface area contributed by atoms with Crippen LogP contribution in [0.1, 0.15) is 11.1 Å². The van der Waals surface area contributed by atoms with Crippen LogP contribution in [-0.2, 0) is 6.18 Å². The number of fused-ring (bicyclic) bond motifs is 1. The number of hydrogen-bond acceptors (Lipinski definition) is 3. The van der Waals surface area contributed by atoms with Crippen molar-refractivity contribution in [2.24, 2.45) is 0 Å². The first-order valence-electron chi connectivity index (χ1n) is 8.75. The first kappa shape index (κ1) is 20.7. The fourth-order valence-corrected chi connectivity index (χ4v) is 4.09. The van der Waals surface area contributed by atoms with Gasteiger partial charge in [-0.25, -0.2) is 9.67 Å². The molecule has 0 bridgehead atoms. The average Bonchev–Trinajstić information content (AvgIpc) is 3.08. The van der Waals surface area contributed by atoms with Crippen LogP contribution < -0.4 is 4.74 Å². The minimum absolute atomic E-state index is 0.131. The van der Waals surface area contributed by atoms with E-state index in [1.165, 1.54) is 4.68 Å². The van der Waals surface area contributed by atoms with Gasteiger partial charge in [0.1, 0.15) is 5.75 Å². The van der Waals surface area contributed by atoms with E-state index in [0.717, 1.165) is 44.4 Å². The number of ether oxygens (including phenoxy) is 1. The van der Waals surface area contributed by atoms with E-state index in [1.807, 2.05) is 37.3 Å². The Morgan fingerprint density at radius 1 is 1.13 bits per heavy atom. The molecule has 0 saturated heterocycles. The van der Waals surface area contributed by atoms with Crippen LogP contribution in [0.25, 0.3) is 27.8 Å². The lowest BCUT2D eigenvalue weighted by molar-refractivity contribution is -0.137. The SMILES string of the molecule is COc1ccc2cc(-c3nn(-c4ncc(C(F)(F)F)cc4Cl)cc3C)ccc2c1Br. The number of methoxy groups -OCH3 is 1. The van der Waals surface area contributed by atoms with E-state index in [2.05, 4.69) is 26.0 Å². The highest BCUT2D eigenvalue weighted by atomic mass is 79.9. The first-order chi connectivity index (χ1) is 14.2. The van der Waals surface area contributed by atoms with Gasteiger partial charge in [-0.15, -0.1) is 0 Å². The highest BCUT2D eigenvalue weighted by molar-refractivity contribution is 9.10. The van der Waals surface area contributed by atoms with Crippen molar-refractivity contribution in [3.8, 4) is 22.8 Å². The van der Waals surface area contributed by atoms with Gasteiger partial charge < -0.3 is 4.74 Å². The fourth-order valence-electron chi connectivity index (χ4n) is 3.19. The molecule has 0 saturated carbocycles. The molecule has 0 unspecified atom stereocenters. The van der Waals surface area contributed by atoms with Gasteiger partial charge in [-0.2, -0.15) is 18.3 Å². The molecule has 4 rings (SSSR count). The summed E-state index contributed by atoms with van der Waals surface area (Å²) in [6, 6.07) is 10.5. The molecule has 9 heteroatoms. The normalized spacial score (nSPS) is 11.8. The zero-order valence-electron chi connectivity index (χ0n) is 15.8. The highest BCUT2D eigenvalue weighted by Gasteiger charge is 2.31. The molecule has 30 heavy (non-hydrogen) atoms. The van der Waals surface area contributed by atoms with Gasteiger partial charge in [-0.3, -0.25) is 0 Å². The monoisotopic (exact) mass is 495 g/mol. The summed E-state index contributed by atoms with van der Waals surface area (Å²) in [6.07, 6.45) is -2.08. The molecule has 2 aromatic carbocycles. The summed E-state index contributed by atoms with van der Waals surface area (Å²) in [6.45, 7) is 1.87. The van der Waals surface area contributed by atoms with Gasteiger partial charge in [-0.05, 0) is 57.4 Å². The second-order valence-corrected chi connectivity index (χ2v) is 7.85. The minimum Gasteiger partial charge on any atom is -0.496 e. The largest absolute Gasteiger partial charge is 0.496 e. The van der Waals surface area contributed by atoms with Crippen LogP contribution >= 0.6 is 27.5 Å². The number of benzene rings is 2. The first-order valence-corrected chi connectivity index (χ1v) is 9.92. The Bertz CT molecular complexity index is 1270. The Labute approximate surface area is 183 Å². The lowest BCUT2D eigenvalue weighted by Gasteiger charge is -2.09. The maximum atomic E-state index is 12.9. The van der Waals surface area contributed by atoms with Crippen molar-refractivity contribution < 1.29 is 17.9 Å². The van der Waals surface area contributed by atoms with Crippen molar-refractivity contribution in [3.63, 3.8) is 0 Å². The van der Waals surface area contributed by atoms with Crippen molar-refractivity contribution in [2.75, 3.05) is 7.11 Å². The molecule has 0 spiro atoms. The fraction of sp³-hybridized carbons (Fsp3) is 0.143. The molecule has 0 radical (unpaired) electrons. The molecule has 154 valence electrons. The minimum atomic E-state index is -4.51. The molecule has 2 heterocycles. The van der Waals surface area contributed by atoms with E-state index in [4.69, 9.17) is 16.3 Å². The zero-order chi connectivity index (χ0) is 21.6. The van der Waals surface area contributed by atoms with E-state index < -0.39 is 11.7 Å². The third kappa shape index (κ3) is 3.65. The molecule has 0 amide bonds.